The number of carbonyl (C=O) groups excluding carboxylic acids is 3. The Labute approximate surface area is 175 Å². The lowest BCUT2D eigenvalue weighted by Gasteiger charge is -2.38. The number of esters is 2. The molecule has 0 spiro atoms. The van der Waals surface area contributed by atoms with Crippen molar-refractivity contribution in [2.24, 2.45) is 11.8 Å². The largest absolute Gasteiger partial charge is 0.468 e. The minimum absolute atomic E-state index is 0.243. The van der Waals surface area contributed by atoms with Crippen LogP contribution in [-0.4, -0.2) is 31.4 Å². The maximum absolute atomic E-state index is 13.6. The second-order valence-corrected chi connectivity index (χ2v) is 7.72. The van der Waals surface area contributed by atoms with Crippen LogP contribution < -0.4 is 5.32 Å². The monoisotopic (exact) mass is 415 g/mol. The molecule has 0 radical (unpaired) electrons. The highest BCUT2D eigenvalue weighted by atomic mass is 19.1. The standard InChI is InChI=1S/C23H26FNO5/c1-5-10-30-23(28)18-13(3)25-16-11-12(2)17(22(27)29-4)21(26)20(16)19(18)14-6-8-15(24)9-7-14/h6-9,12,17,19,25H,5,10-11H2,1-4H3/t12-,17-,19+/m0/s1. The number of ether oxygens (including phenoxy) is 2. The maximum atomic E-state index is 13.6. The van der Waals surface area contributed by atoms with E-state index in [2.05, 4.69) is 5.32 Å². The molecule has 0 fully saturated rings. The van der Waals surface area contributed by atoms with Crippen molar-refractivity contribution in [1.82, 2.24) is 5.32 Å². The summed E-state index contributed by atoms with van der Waals surface area (Å²) in [7, 11) is 1.25. The summed E-state index contributed by atoms with van der Waals surface area (Å²) in [6.45, 7) is 5.71. The Morgan fingerprint density at radius 1 is 1.23 bits per heavy atom. The Hall–Kier alpha value is -2.96. The predicted octanol–water partition coefficient (Wildman–Crippen LogP) is 3.39. The summed E-state index contributed by atoms with van der Waals surface area (Å²) in [5.41, 5.74) is 2.47. The highest BCUT2D eigenvalue weighted by Crippen LogP contribution is 2.45. The van der Waals surface area contributed by atoms with Crippen molar-refractivity contribution < 1.29 is 28.2 Å². The number of rotatable bonds is 5. The number of Topliss-reactive ketones (excluding diaryl/α,β-unsaturated/α-hetero) is 1. The Balaban J connectivity index is 2.15. The first kappa shape index (κ1) is 21.7. The van der Waals surface area contributed by atoms with Gasteiger partial charge in [-0.15, -0.1) is 0 Å². The molecule has 0 unspecified atom stereocenters. The second-order valence-electron chi connectivity index (χ2n) is 7.72. The van der Waals surface area contributed by atoms with Crippen LogP contribution in [0.1, 0.15) is 45.1 Å². The molecule has 1 aliphatic heterocycles. The number of hydrogen-bond acceptors (Lipinski definition) is 6. The zero-order valence-electron chi connectivity index (χ0n) is 17.6. The Morgan fingerprint density at radius 2 is 1.90 bits per heavy atom. The number of nitrogens with one attached hydrogen (secondary N) is 1. The predicted molar refractivity (Wildman–Crippen MR) is 108 cm³/mol. The SMILES string of the molecule is CCCOC(=O)C1=C(C)NC2=C(C(=O)[C@@H](C(=O)OC)[C@@H](C)C2)[C@@H]1c1ccc(F)cc1. The van der Waals surface area contributed by atoms with Gasteiger partial charge in [0.05, 0.1) is 19.3 Å². The lowest BCUT2D eigenvalue weighted by Crippen LogP contribution is -2.43. The number of benzene rings is 1. The molecule has 0 bridgehead atoms. The van der Waals surface area contributed by atoms with E-state index >= 15 is 0 Å². The maximum Gasteiger partial charge on any atom is 0.336 e. The molecule has 7 heteroatoms. The van der Waals surface area contributed by atoms with Crippen LogP contribution >= 0.6 is 0 Å². The van der Waals surface area contributed by atoms with Crippen LogP contribution in [0, 0.1) is 17.7 Å². The fourth-order valence-electron chi connectivity index (χ4n) is 4.21. The quantitative estimate of drug-likeness (QED) is 0.586. The molecule has 0 amide bonds. The van der Waals surface area contributed by atoms with E-state index in [0.29, 0.717) is 40.9 Å². The highest BCUT2D eigenvalue weighted by molar-refractivity contribution is 6.12. The van der Waals surface area contributed by atoms with Crippen LogP contribution in [0.2, 0.25) is 0 Å². The first-order valence-electron chi connectivity index (χ1n) is 10.1. The number of carbonyl (C=O) groups is 3. The third-order valence-corrected chi connectivity index (χ3v) is 5.60. The number of halogens is 1. The lowest BCUT2D eigenvalue weighted by atomic mass is 9.69. The van der Waals surface area contributed by atoms with Crippen molar-refractivity contribution in [2.45, 2.75) is 39.5 Å². The van der Waals surface area contributed by atoms with Crippen molar-refractivity contribution >= 4 is 17.7 Å². The van der Waals surface area contributed by atoms with Crippen LogP contribution in [0.5, 0.6) is 0 Å². The van der Waals surface area contributed by atoms with Gasteiger partial charge < -0.3 is 14.8 Å². The molecule has 1 aromatic rings. The summed E-state index contributed by atoms with van der Waals surface area (Å²) in [6.07, 6.45) is 1.11. The van der Waals surface area contributed by atoms with E-state index in [1.165, 1.54) is 19.2 Å². The van der Waals surface area contributed by atoms with E-state index in [0.717, 1.165) is 0 Å². The van der Waals surface area contributed by atoms with Gasteiger partial charge in [0.2, 0.25) is 0 Å². The van der Waals surface area contributed by atoms with Gasteiger partial charge in [0.1, 0.15) is 11.7 Å². The van der Waals surface area contributed by atoms with Gasteiger partial charge >= 0.3 is 11.9 Å². The molecule has 0 saturated carbocycles. The summed E-state index contributed by atoms with van der Waals surface area (Å²) >= 11 is 0. The van der Waals surface area contributed by atoms with E-state index in [4.69, 9.17) is 9.47 Å². The minimum Gasteiger partial charge on any atom is -0.468 e. The molecule has 6 nitrogen and oxygen atoms in total. The number of hydrogen-bond donors (Lipinski definition) is 1. The summed E-state index contributed by atoms with van der Waals surface area (Å²) in [4.78, 5) is 38.7. The van der Waals surface area contributed by atoms with Gasteiger partial charge in [-0.3, -0.25) is 9.59 Å². The fourth-order valence-corrected chi connectivity index (χ4v) is 4.21. The van der Waals surface area contributed by atoms with E-state index in [-0.39, 0.29) is 18.3 Å². The number of ketones is 1. The Bertz CT molecular complexity index is 931. The third kappa shape index (κ3) is 3.88. The third-order valence-electron chi connectivity index (χ3n) is 5.60. The number of dihydropyridines is 1. The summed E-state index contributed by atoms with van der Waals surface area (Å²) < 4.78 is 23.8. The second kappa shape index (κ2) is 8.81. The van der Waals surface area contributed by atoms with Crippen molar-refractivity contribution in [3.63, 3.8) is 0 Å². The first-order chi connectivity index (χ1) is 14.3. The molecule has 1 heterocycles. The Morgan fingerprint density at radius 3 is 2.50 bits per heavy atom. The van der Waals surface area contributed by atoms with E-state index in [1.54, 1.807) is 19.1 Å². The van der Waals surface area contributed by atoms with Gasteiger partial charge in [-0.1, -0.05) is 26.0 Å². The molecule has 1 aromatic carbocycles. The molecule has 1 N–H and O–H groups in total. The van der Waals surface area contributed by atoms with Crippen LogP contribution in [0.25, 0.3) is 0 Å². The Kier molecular flexibility index (Phi) is 6.39. The van der Waals surface area contributed by atoms with Gasteiger partial charge in [-0.25, -0.2) is 9.18 Å². The summed E-state index contributed by atoms with van der Waals surface area (Å²) in [5, 5.41) is 3.19. The van der Waals surface area contributed by atoms with Crippen molar-refractivity contribution in [2.75, 3.05) is 13.7 Å². The summed E-state index contributed by atoms with van der Waals surface area (Å²) in [5.74, 6) is -3.91. The first-order valence-corrected chi connectivity index (χ1v) is 10.1. The van der Waals surface area contributed by atoms with E-state index < -0.39 is 29.6 Å². The topological polar surface area (TPSA) is 81.7 Å². The van der Waals surface area contributed by atoms with Gasteiger partial charge in [-0.05, 0) is 43.4 Å². The van der Waals surface area contributed by atoms with Gasteiger partial charge in [0, 0.05) is 22.9 Å². The molecule has 160 valence electrons. The van der Waals surface area contributed by atoms with E-state index in [9.17, 15) is 18.8 Å². The molecule has 3 atom stereocenters. The van der Waals surface area contributed by atoms with Crippen LogP contribution in [-0.2, 0) is 23.9 Å². The van der Waals surface area contributed by atoms with Gasteiger partial charge in [0.25, 0.3) is 0 Å². The van der Waals surface area contributed by atoms with Crippen molar-refractivity contribution in [1.29, 1.82) is 0 Å². The summed E-state index contributed by atoms with van der Waals surface area (Å²) in [6, 6.07) is 5.68. The zero-order valence-corrected chi connectivity index (χ0v) is 17.6. The molecular weight excluding hydrogens is 389 g/mol. The molecule has 1 aliphatic carbocycles. The molecule has 0 aromatic heterocycles. The normalized spacial score (nSPS) is 23.6. The molecular formula is C23H26FNO5. The van der Waals surface area contributed by atoms with E-state index in [1.807, 2.05) is 13.8 Å². The zero-order chi connectivity index (χ0) is 22.0. The average Bonchev–Trinajstić information content (AvgIpc) is 2.71. The van der Waals surface area contributed by atoms with Gasteiger partial charge in [0.15, 0.2) is 5.78 Å². The number of allylic oxidation sites excluding steroid dienone is 3. The lowest BCUT2D eigenvalue weighted by molar-refractivity contribution is -0.151. The van der Waals surface area contributed by atoms with Crippen molar-refractivity contribution in [3.05, 3.63) is 58.2 Å². The molecule has 3 rings (SSSR count). The molecule has 2 aliphatic rings. The van der Waals surface area contributed by atoms with Crippen molar-refractivity contribution in [3.8, 4) is 0 Å². The van der Waals surface area contributed by atoms with Gasteiger partial charge in [-0.2, -0.15) is 0 Å². The molecule has 0 saturated heterocycles. The minimum atomic E-state index is -0.954. The molecule has 30 heavy (non-hydrogen) atoms. The fraction of sp³-hybridized carbons (Fsp3) is 0.435. The smallest absolute Gasteiger partial charge is 0.336 e. The van der Waals surface area contributed by atoms with Crippen LogP contribution in [0.15, 0.2) is 46.8 Å². The average molecular weight is 415 g/mol. The highest BCUT2D eigenvalue weighted by Gasteiger charge is 2.47. The van der Waals surface area contributed by atoms with Crippen LogP contribution in [0.4, 0.5) is 4.39 Å². The number of methoxy groups -OCH3 is 1. The van der Waals surface area contributed by atoms with Crippen LogP contribution in [0.3, 0.4) is 0 Å².